The first-order valence-corrected chi connectivity index (χ1v) is 41.3. The number of hydrogen-bond donors (Lipinski definition) is 0. The van der Waals surface area contributed by atoms with Crippen molar-refractivity contribution in [2.24, 2.45) is 0 Å². The van der Waals surface area contributed by atoms with E-state index in [1.165, 1.54) is 218 Å². The van der Waals surface area contributed by atoms with Gasteiger partial charge in [0.2, 0.25) is 0 Å². The van der Waals surface area contributed by atoms with Crippen molar-refractivity contribution < 1.29 is 42.9 Å². The zero-order valence-electron chi connectivity index (χ0n) is 65.1. The van der Waals surface area contributed by atoms with Crippen molar-refractivity contribution in [2.75, 3.05) is 47.5 Å². The maximum Gasteiger partial charge on any atom is 0.306 e. The molecule has 0 amide bonds. The monoisotopic (exact) mass is 1380 g/mol. The Morgan fingerprint density at radius 2 is 0.576 bits per heavy atom. The van der Waals surface area contributed by atoms with E-state index in [4.69, 9.17) is 18.9 Å². The zero-order valence-corrected chi connectivity index (χ0v) is 65.1. The second-order valence-electron chi connectivity index (χ2n) is 28.7. The first-order chi connectivity index (χ1) is 48.6. The molecule has 0 saturated heterocycles. The van der Waals surface area contributed by atoms with E-state index in [0.29, 0.717) is 17.4 Å². The van der Waals surface area contributed by atoms with Crippen molar-refractivity contribution in [2.45, 2.75) is 373 Å². The van der Waals surface area contributed by atoms with Crippen LogP contribution in [-0.4, -0.2) is 82.3 Å². The fraction of sp³-hybridized carbons (Fsp3) is 0.722. The number of rotatable bonds is 76. The minimum atomic E-state index is -1.63. The molecule has 0 saturated carbocycles. The van der Waals surface area contributed by atoms with Gasteiger partial charge in [0, 0.05) is 12.8 Å². The molecule has 9 heteroatoms. The van der Waals surface area contributed by atoms with Crippen molar-refractivity contribution in [1.29, 1.82) is 0 Å². The highest BCUT2D eigenvalue weighted by Crippen LogP contribution is 2.19. The third-order valence-corrected chi connectivity index (χ3v) is 17.9. The lowest BCUT2D eigenvalue weighted by molar-refractivity contribution is -0.870. The molecule has 0 aliphatic carbocycles. The molecular weight excluding hydrogens is 1220 g/mol. The summed E-state index contributed by atoms with van der Waals surface area (Å²) >= 11 is 0. The number of esters is 2. The molecule has 0 N–H and O–H groups in total. The van der Waals surface area contributed by atoms with Gasteiger partial charge in [0.1, 0.15) is 13.2 Å². The predicted octanol–water partition coefficient (Wildman–Crippen LogP) is 25.5. The van der Waals surface area contributed by atoms with Crippen LogP contribution < -0.4 is 5.11 Å². The molecule has 0 aliphatic heterocycles. The number of nitrogens with zero attached hydrogens (tertiary/aromatic N) is 1. The van der Waals surface area contributed by atoms with Crippen molar-refractivity contribution in [3.05, 3.63) is 134 Å². The lowest BCUT2D eigenvalue weighted by Crippen LogP contribution is -2.44. The number of hydrogen-bond acceptors (Lipinski definition) is 8. The van der Waals surface area contributed by atoms with Gasteiger partial charge in [-0.3, -0.25) is 9.59 Å². The molecule has 0 radical (unpaired) electrons. The molecule has 0 rings (SSSR count). The van der Waals surface area contributed by atoms with E-state index in [0.717, 1.165) is 109 Å². The Bertz CT molecular complexity index is 2100. The topological polar surface area (TPSA) is 111 Å². The van der Waals surface area contributed by atoms with Crippen LogP contribution >= 0.6 is 0 Å². The summed E-state index contributed by atoms with van der Waals surface area (Å²) in [5.41, 5.74) is 0. The fourth-order valence-electron chi connectivity index (χ4n) is 11.6. The van der Waals surface area contributed by atoms with Gasteiger partial charge in [-0.25, -0.2) is 0 Å². The van der Waals surface area contributed by atoms with Gasteiger partial charge in [0.05, 0.1) is 40.3 Å². The van der Waals surface area contributed by atoms with Gasteiger partial charge in [0.15, 0.2) is 12.4 Å². The first kappa shape index (κ1) is 94.4. The van der Waals surface area contributed by atoms with Crippen molar-refractivity contribution in [3.63, 3.8) is 0 Å². The summed E-state index contributed by atoms with van der Waals surface area (Å²) in [7, 11) is 5.94. The zero-order chi connectivity index (χ0) is 71.8. The van der Waals surface area contributed by atoms with Crippen molar-refractivity contribution in [1.82, 2.24) is 0 Å². The number of carbonyl (C=O) groups excluding carboxylic acids is 3. The van der Waals surface area contributed by atoms with Gasteiger partial charge in [-0.05, 0) is 116 Å². The minimum absolute atomic E-state index is 0.142. The van der Waals surface area contributed by atoms with Crippen LogP contribution in [0.1, 0.15) is 361 Å². The van der Waals surface area contributed by atoms with E-state index in [1.807, 2.05) is 21.1 Å². The van der Waals surface area contributed by atoms with Crippen LogP contribution in [-0.2, 0) is 33.3 Å². The summed E-state index contributed by atoms with van der Waals surface area (Å²) in [4.78, 5) is 37.6. The number of ether oxygens (including phenoxy) is 4. The molecular formula is C90H155NO8. The van der Waals surface area contributed by atoms with Crippen LogP contribution in [0.25, 0.3) is 0 Å². The molecule has 2 atom stereocenters. The number of carbonyl (C=O) groups is 3. The van der Waals surface area contributed by atoms with Gasteiger partial charge in [-0.1, -0.05) is 366 Å². The summed E-state index contributed by atoms with van der Waals surface area (Å²) in [6, 6.07) is 0. The number of likely N-dealkylation sites (N-methyl/N-ethyl adjacent to an activating group) is 1. The van der Waals surface area contributed by atoms with Crippen LogP contribution in [0.15, 0.2) is 134 Å². The van der Waals surface area contributed by atoms with E-state index < -0.39 is 24.3 Å². The average molecular weight is 1380 g/mol. The number of carboxylic acid groups (broad SMARTS) is 1. The summed E-state index contributed by atoms with van der Waals surface area (Å²) in [5, 5.41) is 11.9. The highest BCUT2D eigenvalue weighted by atomic mass is 16.7. The molecule has 9 nitrogen and oxygen atoms in total. The smallest absolute Gasteiger partial charge is 0.306 e. The summed E-state index contributed by atoms with van der Waals surface area (Å²) in [5.74, 6) is -2.28. The van der Waals surface area contributed by atoms with E-state index in [9.17, 15) is 19.5 Å². The number of unbranched alkanes of at least 4 members (excludes halogenated alkanes) is 39. The minimum Gasteiger partial charge on any atom is -0.545 e. The second-order valence-corrected chi connectivity index (χ2v) is 28.7. The molecule has 0 spiro atoms. The Hall–Kier alpha value is -4.57. The molecule has 0 bridgehead atoms. The number of allylic oxidation sites excluding steroid dienone is 22. The molecule has 0 fully saturated rings. The van der Waals surface area contributed by atoms with Crippen LogP contribution in [0.4, 0.5) is 0 Å². The Morgan fingerprint density at radius 1 is 0.313 bits per heavy atom. The predicted molar refractivity (Wildman–Crippen MR) is 426 cm³/mol. The number of carboxylic acids is 1. The summed E-state index contributed by atoms with van der Waals surface area (Å²) < 4.78 is 22.9. The van der Waals surface area contributed by atoms with Gasteiger partial charge in [-0.2, -0.15) is 0 Å². The normalized spacial score (nSPS) is 13.3. The highest BCUT2D eigenvalue weighted by Gasteiger charge is 2.22. The maximum atomic E-state index is 13.0. The third-order valence-electron chi connectivity index (χ3n) is 17.9. The molecule has 0 aromatic rings. The Morgan fingerprint density at radius 3 is 0.859 bits per heavy atom. The SMILES string of the molecule is CC/C=C\C/C=C\C/C=C\C/C=C\C/C=C\C/C=C\C/C=C\C/C=C\C/C=C\CCCCCCCCCCCC(=O)OC(COC(=O)CCCCCCCCCCCCCCCCCCCCCCCCCCC/C=C\C/C=C\CCCCCCC)COC(OCC[N+](C)(C)C)C(=O)[O-]. The lowest BCUT2D eigenvalue weighted by atomic mass is 10.0. The van der Waals surface area contributed by atoms with E-state index in [-0.39, 0.29) is 38.6 Å². The van der Waals surface area contributed by atoms with Crippen molar-refractivity contribution in [3.8, 4) is 0 Å². The Labute approximate surface area is 611 Å². The van der Waals surface area contributed by atoms with Crippen LogP contribution in [0.3, 0.4) is 0 Å². The average Bonchev–Trinajstić information content (AvgIpc) is 2.19. The van der Waals surface area contributed by atoms with E-state index in [1.54, 1.807) is 0 Å². The Kier molecular flexibility index (Phi) is 75.5. The summed E-state index contributed by atoms with van der Waals surface area (Å²) in [6.45, 7) is 4.65. The van der Waals surface area contributed by atoms with Gasteiger partial charge >= 0.3 is 11.9 Å². The van der Waals surface area contributed by atoms with Crippen LogP contribution in [0.5, 0.6) is 0 Å². The molecule has 99 heavy (non-hydrogen) atoms. The maximum absolute atomic E-state index is 13.0. The quantitative estimate of drug-likeness (QED) is 0.0195. The Balaban J connectivity index is 4.05. The van der Waals surface area contributed by atoms with Gasteiger partial charge in [-0.15, -0.1) is 0 Å². The molecule has 0 aromatic carbocycles. The lowest BCUT2D eigenvalue weighted by Gasteiger charge is -2.26. The summed E-state index contributed by atoms with van der Waals surface area (Å²) in [6.07, 6.45) is 111. The number of aliphatic carboxylic acids is 1. The second kappa shape index (κ2) is 79.1. The van der Waals surface area contributed by atoms with Crippen LogP contribution in [0.2, 0.25) is 0 Å². The molecule has 0 aromatic heterocycles. The fourth-order valence-corrected chi connectivity index (χ4v) is 11.6. The third kappa shape index (κ3) is 80.6. The van der Waals surface area contributed by atoms with Crippen molar-refractivity contribution >= 4 is 17.9 Å². The first-order valence-electron chi connectivity index (χ1n) is 41.3. The standard InChI is InChI=1S/C90H155NO8/c1-6-8-10-12-14-16-18-20-22-24-26-28-30-32-34-36-38-40-42-44-46-48-50-52-54-56-58-60-62-64-66-68-70-72-74-76-78-80-87(92)97-84-86(85-98-90(89(94)95)96-83-82-91(3,4)5)99-88(93)81-79-77-75-73-71-69-67-65-63-61-59-57-55-53-51-49-47-45-43-41-39-37-35-33-31-29-27-25-23-21-19-17-15-13-11-9-7-2/h9,11,15,17-18,20-21,23-24,26-27,29,33,35,39,41,45,47,51,53,57,59,86,90H,6-8,10,12-14,16,19,22,25,28,30-32,34,36-38,40,42-44,46,48-50,52,54-56,58,60-85H2,1-5H3/b11-9-,17-15-,20-18-,23-21-,26-24-,29-27-,35-33-,41-39-,47-45-,53-51-,59-57-. The van der Waals surface area contributed by atoms with E-state index >= 15 is 0 Å². The molecule has 0 aliphatic rings. The molecule has 0 heterocycles. The largest absolute Gasteiger partial charge is 0.545 e. The van der Waals surface area contributed by atoms with Crippen LogP contribution in [0, 0.1) is 0 Å². The number of quaternary nitrogens is 1. The van der Waals surface area contributed by atoms with Gasteiger partial charge < -0.3 is 33.3 Å². The highest BCUT2D eigenvalue weighted by molar-refractivity contribution is 5.70. The molecule has 2 unspecified atom stereocenters. The molecule has 568 valence electrons. The van der Waals surface area contributed by atoms with Gasteiger partial charge in [0.25, 0.3) is 0 Å². The van der Waals surface area contributed by atoms with E-state index in [2.05, 4.69) is 148 Å².